The van der Waals surface area contributed by atoms with E-state index in [1.54, 1.807) is 19.1 Å². The summed E-state index contributed by atoms with van der Waals surface area (Å²) < 4.78 is 11.5. The molecule has 0 spiro atoms. The number of benzene rings is 1. The van der Waals surface area contributed by atoms with E-state index >= 15 is 0 Å². The highest BCUT2D eigenvalue weighted by Gasteiger charge is 2.35. The van der Waals surface area contributed by atoms with Crippen LogP contribution in [0.4, 0.5) is 5.13 Å². The Bertz CT molecular complexity index is 976. The van der Waals surface area contributed by atoms with Gasteiger partial charge in [-0.3, -0.25) is 14.5 Å². The molecule has 31 heavy (non-hydrogen) atoms. The quantitative estimate of drug-likeness (QED) is 0.440. The zero-order valence-corrected chi connectivity index (χ0v) is 19.6. The first kappa shape index (κ1) is 21.9. The number of hydrogen-bond acceptors (Lipinski definition) is 8. The number of anilines is 1. The second-order valence-electron chi connectivity index (χ2n) is 7.53. The third-order valence-electron chi connectivity index (χ3n) is 5.47. The Hall–Kier alpha value is -2.33. The van der Waals surface area contributed by atoms with Crippen molar-refractivity contribution >= 4 is 40.0 Å². The van der Waals surface area contributed by atoms with Crippen LogP contribution in [-0.2, 0) is 22.6 Å². The summed E-state index contributed by atoms with van der Waals surface area (Å²) in [5, 5.41) is 9.04. The van der Waals surface area contributed by atoms with Crippen LogP contribution in [0.5, 0.6) is 11.5 Å². The van der Waals surface area contributed by atoms with Crippen molar-refractivity contribution in [3.05, 3.63) is 23.3 Å². The number of rotatable bonds is 8. The molecule has 10 heteroatoms. The van der Waals surface area contributed by atoms with Crippen molar-refractivity contribution in [2.75, 3.05) is 31.4 Å². The van der Waals surface area contributed by atoms with Gasteiger partial charge in [-0.1, -0.05) is 30.0 Å². The fourth-order valence-corrected chi connectivity index (χ4v) is 5.47. The number of carbonyl (C=O) groups is 2. The summed E-state index contributed by atoms with van der Waals surface area (Å²) >= 11 is 2.76. The maximum atomic E-state index is 12.8. The topological polar surface area (TPSA) is 84.9 Å². The van der Waals surface area contributed by atoms with Crippen LogP contribution in [0, 0.1) is 0 Å². The number of carbonyl (C=O) groups excluding carboxylic acids is 2. The predicted molar refractivity (Wildman–Crippen MR) is 120 cm³/mol. The highest BCUT2D eigenvalue weighted by molar-refractivity contribution is 8.01. The molecule has 8 nitrogen and oxygen atoms in total. The highest BCUT2D eigenvalue weighted by Crippen LogP contribution is 2.37. The van der Waals surface area contributed by atoms with Crippen molar-refractivity contribution in [3.8, 4) is 11.5 Å². The minimum atomic E-state index is 0.0610. The van der Waals surface area contributed by atoms with Gasteiger partial charge in [0.05, 0.1) is 20.0 Å². The van der Waals surface area contributed by atoms with Crippen molar-refractivity contribution in [1.82, 2.24) is 15.1 Å². The summed E-state index contributed by atoms with van der Waals surface area (Å²) in [5.41, 5.74) is 2.27. The first-order valence-corrected chi connectivity index (χ1v) is 12.1. The first-order valence-electron chi connectivity index (χ1n) is 10.3. The van der Waals surface area contributed by atoms with Crippen LogP contribution >= 0.6 is 23.1 Å². The maximum Gasteiger partial charge on any atom is 0.233 e. The van der Waals surface area contributed by atoms with Crippen molar-refractivity contribution in [2.45, 2.75) is 49.5 Å². The molecule has 0 unspecified atom stereocenters. The minimum Gasteiger partial charge on any atom is -0.493 e. The molecule has 2 amide bonds. The molecule has 0 radical (unpaired) electrons. The molecule has 2 heterocycles. The lowest BCUT2D eigenvalue weighted by molar-refractivity contribution is -0.129. The van der Waals surface area contributed by atoms with Crippen LogP contribution < -0.4 is 14.4 Å². The zero-order chi connectivity index (χ0) is 22.0. The van der Waals surface area contributed by atoms with Gasteiger partial charge in [0.25, 0.3) is 0 Å². The second kappa shape index (κ2) is 9.44. The predicted octanol–water partition coefficient (Wildman–Crippen LogP) is 3.14. The van der Waals surface area contributed by atoms with Crippen molar-refractivity contribution in [1.29, 1.82) is 0 Å². The molecule has 0 bridgehead atoms. The summed E-state index contributed by atoms with van der Waals surface area (Å²) in [4.78, 5) is 28.7. The van der Waals surface area contributed by atoms with Crippen LogP contribution in [0.3, 0.4) is 0 Å². The van der Waals surface area contributed by atoms with Crippen LogP contribution in [-0.4, -0.2) is 59.5 Å². The summed E-state index contributed by atoms with van der Waals surface area (Å²) in [6, 6.07) is 4.20. The third-order valence-corrected chi connectivity index (χ3v) is 7.52. The van der Waals surface area contributed by atoms with Gasteiger partial charge < -0.3 is 14.4 Å². The first-order chi connectivity index (χ1) is 15.0. The van der Waals surface area contributed by atoms with E-state index in [1.807, 2.05) is 24.0 Å². The van der Waals surface area contributed by atoms with Gasteiger partial charge in [-0.15, -0.1) is 10.2 Å². The van der Waals surface area contributed by atoms with Crippen LogP contribution in [0.25, 0.3) is 0 Å². The van der Waals surface area contributed by atoms with E-state index in [-0.39, 0.29) is 17.9 Å². The highest BCUT2D eigenvalue weighted by atomic mass is 32.2. The van der Waals surface area contributed by atoms with Gasteiger partial charge >= 0.3 is 0 Å². The van der Waals surface area contributed by atoms with E-state index in [0.29, 0.717) is 46.2 Å². The van der Waals surface area contributed by atoms with Gasteiger partial charge in [0, 0.05) is 25.6 Å². The average Bonchev–Trinajstić information content (AvgIpc) is 3.52. The van der Waals surface area contributed by atoms with E-state index in [0.717, 1.165) is 24.8 Å². The van der Waals surface area contributed by atoms with Gasteiger partial charge in [-0.25, -0.2) is 0 Å². The van der Waals surface area contributed by atoms with Crippen LogP contribution in [0.1, 0.15) is 37.3 Å². The SMILES string of the molecule is CCC(=O)N(c1nnc(SCC(=O)N2CCc3cc(OC)c(OC)cc3C2)s1)C1CC1. The monoisotopic (exact) mass is 462 g/mol. The fraction of sp³-hybridized carbons (Fsp3) is 0.524. The molecule has 1 aliphatic carbocycles. The molecule has 1 aromatic carbocycles. The summed E-state index contributed by atoms with van der Waals surface area (Å²) in [6.45, 7) is 3.08. The molecule has 4 rings (SSSR count). The van der Waals surface area contributed by atoms with Crippen LogP contribution in [0.2, 0.25) is 0 Å². The molecule has 0 atom stereocenters. The number of fused-ring (bicyclic) bond motifs is 1. The number of methoxy groups -OCH3 is 2. The number of nitrogens with zero attached hydrogens (tertiary/aromatic N) is 4. The molecule has 2 aromatic rings. The molecule has 166 valence electrons. The largest absolute Gasteiger partial charge is 0.493 e. The molecule has 1 fully saturated rings. The normalized spacial score (nSPS) is 15.4. The standard InChI is InChI=1S/C21H26N4O4S2/c1-4-18(26)25(15-5-6-15)20-22-23-21(31-20)30-12-19(27)24-8-7-13-9-16(28-2)17(29-3)10-14(13)11-24/h9-10,15H,4-8,11-12H2,1-3H3. The van der Waals surface area contributed by atoms with Crippen molar-refractivity contribution < 1.29 is 19.1 Å². The molecule has 0 saturated heterocycles. The van der Waals surface area contributed by atoms with E-state index in [1.165, 1.54) is 28.7 Å². The summed E-state index contributed by atoms with van der Waals surface area (Å²) in [6.07, 6.45) is 3.26. The Morgan fingerprint density at radius 1 is 1.19 bits per heavy atom. The van der Waals surface area contributed by atoms with Gasteiger partial charge in [0.2, 0.25) is 16.9 Å². The molecular formula is C21H26N4O4S2. The lowest BCUT2D eigenvalue weighted by atomic mass is 9.99. The smallest absolute Gasteiger partial charge is 0.233 e. The Kier molecular flexibility index (Phi) is 6.66. The molecule has 0 N–H and O–H groups in total. The average molecular weight is 463 g/mol. The molecule has 1 aliphatic heterocycles. The number of hydrogen-bond donors (Lipinski definition) is 0. The Balaban J connectivity index is 1.37. The van der Waals surface area contributed by atoms with E-state index in [9.17, 15) is 9.59 Å². The Morgan fingerprint density at radius 2 is 1.90 bits per heavy atom. The third kappa shape index (κ3) is 4.79. The van der Waals surface area contributed by atoms with Crippen molar-refractivity contribution in [3.63, 3.8) is 0 Å². The van der Waals surface area contributed by atoms with Crippen molar-refractivity contribution in [2.24, 2.45) is 0 Å². The molecule has 1 aromatic heterocycles. The second-order valence-corrected chi connectivity index (χ2v) is 9.71. The zero-order valence-electron chi connectivity index (χ0n) is 17.9. The Labute approximate surface area is 189 Å². The molecule has 1 saturated carbocycles. The lowest BCUT2D eigenvalue weighted by Gasteiger charge is -2.29. The Morgan fingerprint density at radius 3 is 2.55 bits per heavy atom. The molecule has 2 aliphatic rings. The lowest BCUT2D eigenvalue weighted by Crippen LogP contribution is -2.37. The summed E-state index contributed by atoms with van der Waals surface area (Å²) in [5.74, 6) is 1.82. The number of aromatic nitrogens is 2. The van der Waals surface area contributed by atoms with E-state index in [4.69, 9.17) is 9.47 Å². The maximum absolute atomic E-state index is 12.8. The van der Waals surface area contributed by atoms with Gasteiger partial charge in [0.15, 0.2) is 15.8 Å². The number of amides is 2. The van der Waals surface area contributed by atoms with Gasteiger partial charge in [-0.2, -0.15) is 0 Å². The van der Waals surface area contributed by atoms with Gasteiger partial charge in [0.1, 0.15) is 0 Å². The fourth-order valence-electron chi connectivity index (χ4n) is 3.64. The van der Waals surface area contributed by atoms with Crippen LogP contribution in [0.15, 0.2) is 16.5 Å². The number of thioether (sulfide) groups is 1. The summed E-state index contributed by atoms with van der Waals surface area (Å²) in [7, 11) is 3.24. The van der Waals surface area contributed by atoms with E-state index < -0.39 is 0 Å². The molecular weight excluding hydrogens is 436 g/mol. The van der Waals surface area contributed by atoms with E-state index in [2.05, 4.69) is 10.2 Å². The number of ether oxygens (including phenoxy) is 2. The minimum absolute atomic E-state index is 0.0610. The van der Waals surface area contributed by atoms with Gasteiger partial charge in [-0.05, 0) is 42.5 Å².